The third kappa shape index (κ3) is 10.4. The summed E-state index contributed by atoms with van der Waals surface area (Å²) < 4.78 is 0. The molecule has 1 aliphatic heterocycles. The molecule has 4 aromatic carbocycles. The van der Waals surface area contributed by atoms with Crippen LogP contribution in [0, 0.1) is 11.8 Å². The molecule has 12 nitrogen and oxygen atoms in total. The molecule has 2 heterocycles. The number of imidazole rings is 1. The number of nitrogens with zero attached hydrogens (tertiary/aromatic N) is 2. The molecule has 3 fully saturated rings. The van der Waals surface area contributed by atoms with Gasteiger partial charge in [-0.05, 0) is 97.7 Å². The molecule has 0 radical (unpaired) electrons. The van der Waals surface area contributed by atoms with E-state index in [0.717, 1.165) is 97.1 Å². The molecule has 1 aromatic heterocycles. The minimum atomic E-state index is -0.737. The molecular weight excluding hydrogens is 767 g/mol. The number of aromatic amines is 1. The molecule has 2 aliphatic carbocycles. The van der Waals surface area contributed by atoms with Crippen LogP contribution in [0.3, 0.4) is 0 Å². The van der Waals surface area contributed by atoms with Gasteiger partial charge in [0.05, 0.1) is 17.9 Å². The maximum atomic E-state index is 14.0. The molecule has 2 saturated carbocycles. The summed E-state index contributed by atoms with van der Waals surface area (Å²) in [4.78, 5) is 75.2. The fourth-order valence-electron chi connectivity index (χ4n) is 7.92. The zero-order chi connectivity index (χ0) is 42.1. The van der Waals surface area contributed by atoms with E-state index in [0.29, 0.717) is 25.2 Å². The second kappa shape index (κ2) is 19.2. The third-order valence-electron chi connectivity index (χ3n) is 11.8. The van der Waals surface area contributed by atoms with Crippen LogP contribution in [0.4, 0.5) is 0 Å². The van der Waals surface area contributed by atoms with Crippen molar-refractivity contribution in [1.82, 2.24) is 36.1 Å². The summed E-state index contributed by atoms with van der Waals surface area (Å²) in [6.45, 7) is 1.61. The molecule has 12 heteroatoms. The van der Waals surface area contributed by atoms with Crippen molar-refractivity contribution >= 4 is 29.5 Å². The van der Waals surface area contributed by atoms with E-state index in [1.54, 1.807) is 6.20 Å². The number of hydrogen-bond acceptors (Lipinski definition) is 6. The Morgan fingerprint density at radius 3 is 1.77 bits per heavy atom. The highest BCUT2D eigenvalue weighted by molar-refractivity contribution is 5.95. The van der Waals surface area contributed by atoms with Crippen LogP contribution in [0.2, 0.25) is 0 Å². The molecule has 5 amide bonds. The highest BCUT2D eigenvalue weighted by Gasteiger charge is 2.39. The number of aromatic nitrogens is 2. The van der Waals surface area contributed by atoms with Gasteiger partial charge in [0, 0.05) is 37.0 Å². The minimum absolute atomic E-state index is 0.00349. The summed E-state index contributed by atoms with van der Waals surface area (Å²) in [5, 5.41) is 11.9. The first-order valence-corrected chi connectivity index (χ1v) is 21.6. The molecule has 3 aliphatic rings. The van der Waals surface area contributed by atoms with E-state index in [4.69, 9.17) is 4.98 Å². The van der Waals surface area contributed by atoms with Crippen LogP contribution >= 0.6 is 0 Å². The lowest BCUT2D eigenvalue weighted by atomic mass is 10.0. The van der Waals surface area contributed by atoms with E-state index in [9.17, 15) is 24.0 Å². The van der Waals surface area contributed by atoms with Gasteiger partial charge in [-0.2, -0.15) is 0 Å². The van der Waals surface area contributed by atoms with E-state index < -0.39 is 12.1 Å². The molecule has 5 aromatic rings. The lowest BCUT2D eigenvalue weighted by Gasteiger charge is -2.28. The van der Waals surface area contributed by atoms with Gasteiger partial charge in [-0.3, -0.25) is 24.0 Å². The average molecular weight is 820 g/mol. The number of unbranched alkanes of at least 4 members (excludes halogenated alkanes) is 2. The lowest BCUT2D eigenvalue weighted by molar-refractivity contribution is -0.137. The number of amides is 5. The van der Waals surface area contributed by atoms with Crippen molar-refractivity contribution in [3.8, 4) is 22.4 Å². The Balaban J connectivity index is 0.789. The van der Waals surface area contributed by atoms with Crippen LogP contribution in [-0.4, -0.2) is 64.0 Å². The summed E-state index contributed by atoms with van der Waals surface area (Å²) in [6, 6.07) is 32.8. The van der Waals surface area contributed by atoms with Crippen molar-refractivity contribution in [2.24, 2.45) is 11.8 Å². The number of carbonyl (C=O) groups excluding carboxylic acids is 5. The first kappa shape index (κ1) is 41.2. The molecule has 5 N–H and O–H groups in total. The normalized spacial score (nSPS) is 16.9. The number of rotatable bonds is 18. The van der Waals surface area contributed by atoms with Crippen molar-refractivity contribution in [2.45, 2.75) is 75.9 Å². The van der Waals surface area contributed by atoms with Gasteiger partial charge in [-0.15, -0.1) is 0 Å². The molecule has 1 saturated heterocycles. The first-order valence-electron chi connectivity index (χ1n) is 21.6. The number of likely N-dealkylation sites (tertiary alicyclic amines) is 1. The van der Waals surface area contributed by atoms with Gasteiger partial charge in [0.25, 0.3) is 5.91 Å². The molecule has 0 bridgehead atoms. The van der Waals surface area contributed by atoms with Gasteiger partial charge in [0.2, 0.25) is 23.6 Å². The van der Waals surface area contributed by atoms with Gasteiger partial charge in [-0.25, -0.2) is 4.98 Å². The molecule has 3 atom stereocenters. The smallest absolute Gasteiger partial charge is 0.251 e. The molecule has 3 unspecified atom stereocenters. The van der Waals surface area contributed by atoms with Gasteiger partial charge in [0.15, 0.2) is 0 Å². The summed E-state index contributed by atoms with van der Waals surface area (Å²) in [7, 11) is 0. The Morgan fingerprint density at radius 1 is 0.623 bits per heavy atom. The largest absolute Gasteiger partial charge is 0.354 e. The van der Waals surface area contributed by atoms with Crippen LogP contribution < -0.4 is 21.3 Å². The van der Waals surface area contributed by atoms with Crippen molar-refractivity contribution in [2.75, 3.05) is 19.6 Å². The molecule has 61 heavy (non-hydrogen) atoms. The fraction of sp³-hybridized carbons (Fsp3) is 0.347. The summed E-state index contributed by atoms with van der Waals surface area (Å²) in [5.41, 5.74) is 5.93. The van der Waals surface area contributed by atoms with E-state index >= 15 is 0 Å². The molecule has 8 rings (SSSR count). The zero-order valence-electron chi connectivity index (χ0n) is 34.3. The number of benzene rings is 4. The SMILES string of the molecule is O=C(NCCCCCNC(=O)C(NC(=O)C1CC1)c1ccccc1)c1ccc(-c2ccc(-c3cnc(C4CCCN4C(=O)C(NC(=O)C4CC4)c4ccccc4)[nH]3)cc2)cc1. The van der Waals surface area contributed by atoms with Gasteiger partial charge < -0.3 is 31.2 Å². The van der Waals surface area contributed by atoms with Crippen molar-refractivity contribution in [3.05, 3.63) is 138 Å². The summed E-state index contributed by atoms with van der Waals surface area (Å²) in [5.74, 6) is 0.141. The highest BCUT2D eigenvalue weighted by atomic mass is 16.2. The molecule has 314 valence electrons. The molecule has 0 spiro atoms. The van der Waals surface area contributed by atoms with Crippen molar-refractivity contribution < 1.29 is 24.0 Å². The zero-order valence-corrected chi connectivity index (χ0v) is 34.3. The van der Waals surface area contributed by atoms with Crippen LogP contribution in [0.1, 0.15) is 103 Å². The topological polar surface area (TPSA) is 165 Å². The van der Waals surface area contributed by atoms with Gasteiger partial charge in [0.1, 0.15) is 17.9 Å². The molecular formula is C49H53N7O5. The van der Waals surface area contributed by atoms with Crippen LogP contribution in [0.25, 0.3) is 22.4 Å². The van der Waals surface area contributed by atoms with E-state index in [2.05, 4.69) is 26.3 Å². The predicted octanol–water partition coefficient (Wildman–Crippen LogP) is 6.96. The predicted molar refractivity (Wildman–Crippen MR) is 232 cm³/mol. The van der Waals surface area contributed by atoms with Crippen molar-refractivity contribution in [1.29, 1.82) is 0 Å². The Hall–Kier alpha value is -6.56. The van der Waals surface area contributed by atoms with E-state index in [1.807, 2.05) is 114 Å². The van der Waals surface area contributed by atoms with Gasteiger partial charge in [-0.1, -0.05) is 97.1 Å². The Morgan fingerprint density at radius 2 is 1.16 bits per heavy atom. The minimum Gasteiger partial charge on any atom is -0.354 e. The standard InChI is InChI=1S/C49H53N7O5/c57-45(50-28-8-3-9-29-51-48(60)42(35-11-4-1-5-12-35)54-46(58)38-24-25-38)37-22-18-33(19-23-37)32-16-20-34(21-17-32)40-31-52-44(53-40)41-15-10-30-56(41)49(61)43(36-13-6-2-7-14-36)55-47(59)39-26-27-39/h1-2,4-7,11-14,16-23,31,38-39,41-43H,3,8-10,15,24-30H2,(H,50,57)(H,51,60)(H,52,53)(H,54,58)(H,55,59). The lowest BCUT2D eigenvalue weighted by Crippen LogP contribution is -2.43. The summed E-state index contributed by atoms with van der Waals surface area (Å²) >= 11 is 0. The van der Waals surface area contributed by atoms with Crippen LogP contribution in [0.15, 0.2) is 115 Å². The van der Waals surface area contributed by atoms with E-state index in [1.165, 1.54) is 0 Å². The monoisotopic (exact) mass is 819 g/mol. The Labute approximate surface area is 356 Å². The highest BCUT2D eigenvalue weighted by Crippen LogP contribution is 2.36. The number of hydrogen-bond donors (Lipinski definition) is 5. The van der Waals surface area contributed by atoms with Crippen molar-refractivity contribution in [3.63, 3.8) is 0 Å². The summed E-state index contributed by atoms with van der Waals surface area (Å²) in [6.07, 6.45) is 9.28. The quantitative estimate of drug-likeness (QED) is 0.0600. The van der Waals surface area contributed by atoms with Crippen LogP contribution in [0.5, 0.6) is 0 Å². The van der Waals surface area contributed by atoms with Crippen LogP contribution in [-0.2, 0) is 19.2 Å². The second-order valence-electron chi connectivity index (χ2n) is 16.4. The van der Waals surface area contributed by atoms with E-state index in [-0.39, 0.29) is 47.4 Å². The Bertz CT molecular complexity index is 2300. The number of H-pyrrole nitrogens is 1. The number of nitrogens with one attached hydrogen (secondary N) is 5. The average Bonchev–Trinajstić information content (AvgIpc) is 4.24. The first-order chi connectivity index (χ1) is 29.8. The number of carbonyl (C=O) groups is 5. The Kier molecular flexibility index (Phi) is 13.0. The second-order valence-corrected chi connectivity index (χ2v) is 16.4. The maximum Gasteiger partial charge on any atom is 0.251 e. The fourth-order valence-corrected chi connectivity index (χ4v) is 7.92. The maximum absolute atomic E-state index is 14.0. The van der Waals surface area contributed by atoms with Gasteiger partial charge >= 0.3 is 0 Å². The third-order valence-corrected chi connectivity index (χ3v) is 11.8.